The van der Waals surface area contributed by atoms with E-state index in [0.717, 1.165) is 37.3 Å². The molecule has 0 fully saturated rings. The summed E-state index contributed by atoms with van der Waals surface area (Å²) in [5.41, 5.74) is 0.517. The summed E-state index contributed by atoms with van der Waals surface area (Å²) in [5, 5.41) is 0. The van der Waals surface area contributed by atoms with Gasteiger partial charge in [0.15, 0.2) is 0 Å². The van der Waals surface area contributed by atoms with Gasteiger partial charge < -0.3 is 9.64 Å². The van der Waals surface area contributed by atoms with Crippen molar-refractivity contribution in [2.45, 2.75) is 50.3 Å². The molecule has 31 heavy (non-hydrogen) atoms. The van der Waals surface area contributed by atoms with Crippen LogP contribution in [0.25, 0.3) is 0 Å². The van der Waals surface area contributed by atoms with Gasteiger partial charge in [0.2, 0.25) is 0 Å². The lowest BCUT2D eigenvalue weighted by atomic mass is 10.2. The molecule has 2 rings (SSSR count). The van der Waals surface area contributed by atoms with E-state index in [1.807, 2.05) is 0 Å². The van der Waals surface area contributed by atoms with Crippen LogP contribution in [-0.4, -0.2) is 47.1 Å². The maximum Gasteiger partial charge on any atom is 0.264 e. The Morgan fingerprint density at radius 1 is 0.839 bits per heavy atom. The number of nitrogens with zero attached hydrogens (tertiary/aromatic N) is 2. The molecule has 0 saturated heterocycles. The summed E-state index contributed by atoms with van der Waals surface area (Å²) in [6.45, 7) is 5.19. The number of halogens is 1. The van der Waals surface area contributed by atoms with Gasteiger partial charge >= 0.3 is 0 Å². The highest BCUT2D eigenvalue weighted by Crippen LogP contribution is 2.24. The first-order chi connectivity index (χ1) is 14.8. The molecule has 0 aromatic heterocycles. The van der Waals surface area contributed by atoms with Crippen molar-refractivity contribution in [2.75, 3.05) is 38.1 Å². The molecular formula is C24H35FN2O3S. The van der Waals surface area contributed by atoms with Crippen LogP contribution in [0.3, 0.4) is 0 Å². The minimum Gasteiger partial charge on any atom is -0.494 e. The highest BCUT2D eigenvalue weighted by atomic mass is 32.2. The molecule has 0 aliphatic heterocycles. The lowest BCUT2D eigenvalue weighted by Gasteiger charge is -2.20. The summed E-state index contributed by atoms with van der Waals surface area (Å²) in [5.74, 6) is 0.248. The van der Waals surface area contributed by atoms with E-state index in [-0.39, 0.29) is 4.90 Å². The first-order valence-electron chi connectivity index (χ1n) is 11.0. The van der Waals surface area contributed by atoms with Crippen LogP contribution < -0.4 is 9.04 Å². The molecule has 0 radical (unpaired) electrons. The van der Waals surface area contributed by atoms with Crippen LogP contribution in [0.2, 0.25) is 0 Å². The fraction of sp³-hybridized carbons (Fsp3) is 0.500. The fourth-order valence-corrected chi connectivity index (χ4v) is 4.42. The fourth-order valence-electron chi connectivity index (χ4n) is 3.22. The molecule has 0 heterocycles. The van der Waals surface area contributed by atoms with Crippen LogP contribution in [0.1, 0.15) is 45.4 Å². The van der Waals surface area contributed by atoms with Crippen molar-refractivity contribution < 1.29 is 17.5 Å². The zero-order chi connectivity index (χ0) is 22.7. The van der Waals surface area contributed by atoms with Crippen LogP contribution in [0, 0.1) is 5.82 Å². The van der Waals surface area contributed by atoms with Crippen molar-refractivity contribution in [1.29, 1.82) is 0 Å². The Morgan fingerprint density at radius 3 is 2.10 bits per heavy atom. The number of anilines is 1. The number of benzene rings is 2. The molecule has 0 saturated carbocycles. The predicted molar refractivity (Wildman–Crippen MR) is 125 cm³/mol. The summed E-state index contributed by atoms with van der Waals surface area (Å²) < 4.78 is 45.4. The molecular weight excluding hydrogens is 415 g/mol. The second-order valence-electron chi connectivity index (χ2n) is 7.84. The quantitative estimate of drug-likeness (QED) is 0.366. The maximum atomic E-state index is 13.1. The summed E-state index contributed by atoms with van der Waals surface area (Å²) in [6, 6.07) is 11.8. The van der Waals surface area contributed by atoms with E-state index in [4.69, 9.17) is 4.74 Å². The van der Waals surface area contributed by atoms with Gasteiger partial charge in [0, 0.05) is 7.05 Å². The summed E-state index contributed by atoms with van der Waals surface area (Å²) in [7, 11) is -0.0750. The third-order valence-corrected chi connectivity index (χ3v) is 7.07. The Balaban J connectivity index is 1.73. The van der Waals surface area contributed by atoms with Gasteiger partial charge in [-0.1, -0.05) is 26.2 Å². The number of sulfonamides is 1. The summed E-state index contributed by atoms with van der Waals surface area (Å²) in [6.07, 6.45) is 7.05. The Kier molecular flexibility index (Phi) is 10.3. The van der Waals surface area contributed by atoms with Crippen molar-refractivity contribution >= 4 is 15.7 Å². The second-order valence-corrected chi connectivity index (χ2v) is 9.81. The van der Waals surface area contributed by atoms with Crippen LogP contribution in [0.15, 0.2) is 53.4 Å². The van der Waals surface area contributed by atoms with Gasteiger partial charge in [-0.3, -0.25) is 4.31 Å². The SMILES string of the molecule is CCCCN(C)CCCCCCOc1ccc(N(C)S(=O)(=O)c2ccc(F)cc2)cc1. The minimum atomic E-state index is -3.74. The molecule has 2 aromatic carbocycles. The average molecular weight is 451 g/mol. The molecule has 0 bridgehead atoms. The van der Waals surface area contributed by atoms with Crippen molar-refractivity contribution in [3.8, 4) is 5.75 Å². The highest BCUT2D eigenvalue weighted by Gasteiger charge is 2.21. The first-order valence-corrected chi connectivity index (χ1v) is 12.4. The number of hydrogen-bond acceptors (Lipinski definition) is 4. The van der Waals surface area contributed by atoms with Gasteiger partial charge in [0.1, 0.15) is 11.6 Å². The van der Waals surface area contributed by atoms with E-state index in [1.54, 1.807) is 24.3 Å². The molecule has 0 spiro atoms. The van der Waals surface area contributed by atoms with Crippen LogP contribution in [0.4, 0.5) is 10.1 Å². The highest BCUT2D eigenvalue weighted by molar-refractivity contribution is 7.92. The van der Waals surface area contributed by atoms with E-state index in [2.05, 4.69) is 18.9 Å². The van der Waals surface area contributed by atoms with Gasteiger partial charge in [0.05, 0.1) is 17.2 Å². The van der Waals surface area contributed by atoms with E-state index in [0.29, 0.717) is 12.3 Å². The largest absolute Gasteiger partial charge is 0.494 e. The van der Waals surface area contributed by atoms with Crippen molar-refractivity contribution in [1.82, 2.24) is 4.90 Å². The van der Waals surface area contributed by atoms with Crippen LogP contribution in [0.5, 0.6) is 5.75 Å². The number of hydrogen-bond donors (Lipinski definition) is 0. The molecule has 172 valence electrons. The Bertz CT molecular complexity index is 871. The molecule has 7 heteroatoms. The zero-order valence-corrected chi connectivity index (χ0v) is 19.7. The maximum absolute atomic E-state index is 13.1. The molecule has 5 nitrogen and oxygen atoms in total. The first kappa shape index (κ1) is 25.1. The molecule has 0 aliphatic rings. The number of rotatable bonds is 14. The normalized spacial score (nSPS) is 11.6. The van der Waals surface area contributed by atoms with Crippen molar-refractivity contribution in [3.05, 3.63) is 54.3 Å². The molecule has 0 unspecified atom stereocenters. The van der Waals surface area contributed by atoms with E-state index in [9.17, 15) is 12.8 Å². The topological polar surface area (TPSA) is 49.9 Å². The molecule has 0 amide bonds. The van der Waals surface area contributed by atoms with Gasteiger partial charge in [-0.15, -0.1) is 0 Å². The zero-order valence-electron chi connectivity index (χ0n) is 18.9. The molecule has 0 atom stereocenters. The number of ether oxygens (including phenoxy) is 1. The monoisotopic (exact) mass is 450 g/mol. The predicted octanol–water partition coefficient (Wildman–Crippen LogP) is 5.32. The summed E-state index contributed by atoms with van der Waals surface area (Å²) in [4.78, 5) is 2.45. The summed E-state index contributed by atoms with van der Waals surface area (Å²) >= 11 is 0. The third-order valence-electron chi connectivity index (χ3n) is 5.27. The van der Waals surface area contributed by atoms with Crippen molar-refractivity contribution in [2.24, 2.45) is 0 Å². The average Bonchev–Trinajstić information content (AvgIpc) is 2.77. The Labute approximate surface area is 186 Å². The lowest BCUT2D eigenvalue weighted by Crippen LogP contribution is -2.26. The molecule has 0 N–H and O–H groups in total. The Hall–Kier alpha value is -2.12. The van der Waals surface area contributed by atoms with E-state index >= 15 is 0 Å². The smallest absolute Gasteiger partial charge is 0.264 e. The lowest BCUT2D eigenvalue weighted by molar-refractivity contribution is 0.295. The molecule has 0 aliphatic carbocycles. The number of unbranched alkanes of at least 4 members (excludes halogenated alkanes) is 4. The van der Waals surface area contributed by atoms with Gasteiger partial charge in [-0.05, 0) is 87.9 Å². The minimum absolute atomic E-state index is 0.0493. The Morgan fingerprint density at radius 2 is 1.45 bits per heavy atom. The second kappa shape index (κ2) is 12.7. The van der Waals surface area contributed by atoms with Gasteiger partial charge in [-0.25, -0.2) is 12.8 Å². The van der Waals surface area contributed by atoms with Crippen LogP contribution in [-0.2, 0) is 10.0 Å². The van der Waals surface area contributed by atoms with E-state index in [1.165, 1.54) is 55.7 Å². The van der Waals surface area contributed by atoms with Gasteiger partial charge in [-0.2, -0.15) is 0 Å². The van der Waals surface area contributed by atoms with Crippen molar-refractivity contribution in [3.63, 3.8) is 0 Å². The molecule has 2 aromatic rings. The van der Waals surface area contributed by atoms with Crippen LogP contribution >= 0.6 is 0 Å². The standard InChI is InChI=1S/C24H35FN2O3S/c1-4-5-18-26(2)19-8-6-7-9-20-30-23-14-12-22(13-15-23)27(3)31(28,29)24-16-10-21(25)11-17-24/h10-17H,4-9,18-20H2,1-3H3. The third kappa shape index (κ3) is 8.15. The van der Waals surface area contributed by atoms with Gasteiger partial charge in [0.25, 0.3) is 10.0 Å². The van der Waals surface area contributed by atoms with E-state index < -0.39 is 15.8 Å².